The third-order valence-electron chi connectivity index (χ3n) is 4.95. The average Bonchev–Trinajstić information content (AvgIpc) is 2.63. The van der Waals surface area contributed by atoms with Gasteiger partial charge in [0, 0.05) is 6.54 Å². The molecule has 0 heterocycles. The zero-order valence-corrected chi connectivity index (χ0v) is 16.9. The standard InChI is InChI=1S/C23H31NO2/c1-7-19-9-10-20(8-2)21(13-19)14-24-23(25)18(6)26-22-12-15(3)11-16(4)17(22)5/h9-13,18H,7-8,14H2,1-6H3,(H,24,25)/t18-/m0/s1. The summed E-state index contributed by atoms with van der Waals surface area (Å²) in [6, 6.07) is 10.6. The fourth-order valence-corrected chi connectivity index (χ4v) is 3.10. The number of hydrogen-bond donors (Lipinski definition) is 1. The van der Waals surface area contributed by atoms with Crippen LogP contribution in [-0.4, -0.2) is 12.0 Å². The molecule has 3 heteroatoms. The van der Waals surface area contributed by atoms with Crippen molar-refractivity contribution in [2.45, 2.75) is 67.0 Å². The first-order valence-corrected chi connectivity index (χ1v) is 9.48. The van der Waals surface area contributed by atoms with E-state index >= 15 is 0 Å². The molecule has 0 bridgehead atoms. The number of hydrogen-bond acceptors (Lipinski definition) is 2. The largest absolute Gasteiger partial charge is 0.481 e. The molecule has 3 nitrogen and oxygen atoms in total. The third-order valence-corrected chi connectivity index (χ3v) is 4.95. The van der Waals surface area contributed by atoms with Gasteiger partial charge in [-0.3, -0.25) is 4.79 Å². The zero-order valence-electron chi connectivity index (χ0n) is 16.9. The van der Waals surface area contributed by atoms with Gasteiger partial charge in [0.2, 0.25) is 0 Å². The molecular formula is C23H31NO2. The van der Waals surface area contributed by atoms with Crippen molar-refractivity contribution in [2.75, 3.05) is 0 Å². The predicted molar refractivity (Wildman–Crippen MR) is 108 cm³/mol. The van der Waals surface area contributed by atoms with Crippen LogP contribution in [0.2, 0.25) is 0 Å². The van der Waals surface area contributed by atoms with Crippen molar-refractivity contribution in [3.05, 3.63) is 63.7 Å². The third kappa shape index (κ3) is 4.87. The molecule has 0 aliphatic heterocycles. The van der Waals surface area contributed by atoms with Gasteiger partial charge in [0.05, 0.1) is 0 Å². The fraction of sp³-hybridized carbons (Fsp3) is 0.435. The van der Waals surface area contributed by atoms with Gasteiger partial charge in [-0.2, -0.15) is 0 Å². The summed E-state index contributed by atoms with van der Waals surface area (Å²) in [5.74, 6) is 0.694. The second-order valence-corrected chi connectivity index (χ2v) is 6.99. The molecule has 0 aromatic heterocycles. The molecule has 0 radical (unpaired) electrons. The number of aryl methyl sites for hydroxylation is 4. The van der Waals surface area contributed by atoms with Crippen LogP contribution in [0.25, 0.3) is 0 Å². The van der Waals surface area contributed by atoms with Crippen LogP contribution in [0.5, 0.6) is 5.75 Å². The van der Waals surface area contributed by atoms with Crippen LogP contribution in [-0.2, 0) is 24.2 Å². The van der Waals surface area contributed by atoms with Gasteiger partial charge in [0.25, 0.3) is 5.91 Å². The number of carbonyl (C=O) groups excluding carboxylic acids is 1. The quantitative estimate of drug-likeness (QED) is 0.775. The van der Waals surface area contributed by atoms with Crippen molar-refractivity contribution < 1.29 is 9.53 Å². The number of nitrogens with one attached hydrogen (secondary N) is 1. The summed E-state index contributed by atoms with van der Waals surface area (Å²) in [5.41, 5.74) is 7.16. The number of ether oxygens (including phenoxy) is 1. The molecule has 0 unspecified atom stereocenters. The van der Waals surface area contributed by atoms with E-state index in [9.17, 15) is 4.79 Å². The molecule has 0 saturated carbocycles. The van der Waals surface area contributed by atoms with Crippen molar-refractivity contribution in [3.8, 4) is 5.75 Å². The molecule has 1 N–H and O–H groups in total. The molecule has 140 valence electrons. The van der Waals surface area contributed by atoms with E-state index < -0.39 is 6.10 Å². The fourth-order valence-electron chi connectivity index (χ4n) is 3.10. The lowest BCUT2D eigenvalue weighted by molar-refractivity contribution is -0.127. The Morgan fingerprint density at radius 1 is 1.04 bits per heavy atom. The Hall–Kier alpha value is -2.29. The number of amides is 1. The Labute approximate surface area is 157 Å². The van der Waals surface area contributed by atoms with Gasteiger partial charge < -0.3 is 10.1 Å². The Bertz CT molecular complexity index is 780. The number of rotatable bonds is 7. The van der Waals surface area contributed by atoms with Gasteiger partial charge in [-0.05, 0) is 80.0 Å². The lowest BCUT2D eigenvalue weighted by atomic mass is 10.0. The molecule has 2 aromatic rings. The Morgan fingerprint density at radius 3 is 2.42 bits per heavy atom. The van der Waals surface area contributed by atoms with E-state index in [-0.39, 0.29) is 5.91 Å². The summed E-state index contributed by atoms with van der Waals surface area (Å²) in [6.45, 7) is 12.7. The van der Waals surface area contributed by atoms with Gasteiger partial charge in [-0.25, -0.2) is 0 Å². The molecule has 0 aliphatic rings. The van der Waals surface area contributed by atoms with E-state index in [4.69, 9.17) is 4.74 Å². The normalized spacial score (nSPS) is 11.9. The molecule has 26 heavy (non-hydrogen) atoms. The summed E-state index contributed by atoms with van der Waals surface area (Å²) in [7, 11) is 0. The Morgan fingerprint density at radius 2 is 1.77 bits per heavy atom. The zero-order chi connectivity index (χ0) is 19.3. The monoisotopic (exact) mass is 353 g/mol. The second-order valence-electron chi connectivity index (χ2n) is 6.99. The summed E-state index contributed by atoms with van der Waals surface area (Å²) >= 11 is 0. The van der Waals surface area contributed by atoms with E-state index in [2.05, 4.69) is 50.4 Å². The molecule has 0 saturated heterocycles. The SMILES string of the molecule is CCc1ccc(CC)c(CNC(=O)[C@H](C)Oc2cc(C)cc(C)c2C)c1. The van der Waals surface area contributed by atoms with Crippen molar-refractivity contribution in [2.24, 2.45) is 0 Å². The molecule has 2 rings (SSSR count). The lowest BCUT2D eigenvalue weighted by Gasteiger charge is -2.18. The molecule has 2 aromatic carbocycles. The first kappa shape index (κ1) is 20.0. The van der Waals surface area contributed by atoms with Gasteiger partial charge >= 0.3 is 0 Å². The van der Waals surface area contributed by atoms with Gasteiger partial charge in [-0.1, -0.05) is 38.1 Å². The topological polar surface area (TPSA) is 38.3 Å². The highest BCUT2D eigenvalue weighted by Crippen LogP contribution is 2.24. The average molecular weight is 354 g/mol. The molecule has 1 amide bonds. The predicted octanol–water partition coefficient (Wildman–Crippen LogP) is 4.82. The van der Waals surface area contributed by atoms with Crippen molar-refractivity contribution in [1.29, 1.82) is 0 Å². The highest BCUT2D eigenvalue weighted by atomic mass is 16.5. The number of benzene rings is 2. The lowest BCUT2D eigenvalue weighted by Crippen LogP contribution is -2.36. The van der Waals surface area contributed by atoms with Crippen LogP contribution in [0.4, 0.5) is 0 Å². The summed E-state index contributed by atoms with van der Waals surface area (Å²) in [6.07, 6.45) is 1.42. The molecule has 1 atom stereocenters. The molecule has 0 aliphatic carbocycles. The second kappa shape index (κ2) is 8.88. The van der Waals surface area contributed by atoms with Crippen molar-refractivity contribution >= 4 is 5.91 Å². The minimum Gasteiger partial charge on any atom is -0.481 e. The highest BCUT2D eigenvalue weighted by Gasteiger charge is 2.16. The van der Waals surface area contributed by atoms with Crippen LogP contribution >= 0.6 is 0 Å². The summed E-state index contributed by atoms with van der Waals surface area (Å²) < 4.78 is 5.95. The number of carbonyl (C=O) groups is 1. The molecule has 0 fully saturated rings. The maximum atomic E-state index is 12.5. The van der Waals surface area contributed by atoms with Gasteiger partial charge in [-0.15, -0.1) is 0 Å². The summed E-state index contributed by atoms with van der Waals surface area (Å²) in [5, 5.41) is 3.03. The first-order chi connectivity index (χ1) is 12.3. The van der Waals surface area contributed by atoms with E-state index in [0.29, 0.717) is 6.54 Å². The maximum absolute atomic E-state index is 12.5. The van der Waals surface area contributed by atoms with Crippen LogP contribution in [0.3, 0.4) is 0 Å². The summed E-state index contributed by atoms with van der Waals surface area (Å²) in [4.78, 5) is 12.5. The van der Waals surface area contributed by atoms with Crippen molar-refractivity contribution in [1.82, 2.24) is 5.32 Å². The van der Waals surface area contributed by atoms with Crippen LogP contribution in [0, 0.1) is 20.8 Å². The van der Waals surface area contributed by atoms with E-state index in [0.717, 1.165) is 29.7 Å². The maximum Gasteiger partial charge on any atom is 0.261 e. The van der Waals surface area contributed by atoms with Gasteiger partial charge in [0.1, 0.15) is 5.75 Å². The van der Waals surface area contributed by atoms with Crippen LogP contribution in [0.15, 0.2) is 30.3 Å². The van der Waals surface area contributed by atoms with E-state index in [1.54, 1.807) is 6.92 Å². The molecule has 0 spiro atoms. The van der Waals surface area contributed by atoms with E-state index in [1.807, 2.05) is 19.9 Å². The van der Waals surface area contributed by atoms with Gasteiger partial charge in [0.15, 0.2) is 6.10 Å². The highest BCUT2D eigenvalue weighted by molar-refractivity contribution is 5.80. The first-order valence-electron chi connectivity index (χ1n) is 9.48. The van der Waals surface area contributed by atoms with Crippen molar-refractivity contribution in [3.63, 3.8) is 0 Å². The Balaban J connectivity index is 2.04. The van der Waals surface area contributed by atoms with Crippen LogP contribution < -0.4 is 10.1 Å². The minimum absolute atomic E-state index is 0.0903. The van der Waals surface area contributed by atoms with Crippen LogP contribution in [0.1, 0.15) is 54.2 Å². The minimum atomic E-state index is -0.533. The smallest absolute Gasteiger partial charge is 0.261 e. The molecular weight excluding hydrogens is 322 g/mol. The van der Waals surface area contributed by atoms with E-state index in [1.165, 1.54) is 22.3 Å². The Kier molecular flexibility index (Phi) is 6.84.